The number of aromatic nitrogens is 1. The van der Waals surface area contributed by atoms with Crippen LogP contribution in [-0.4, -0.2) is 49.8 Å². The van der Waals surface area contributed by atoms with Gasteiger partial charge in [-0.1, -0.05) is 23.3 Å². The first-order chi connectivity index (χ1) is 14.5. The van der Waals surface area contributed by atoms with Gasteiger partial charge >= 0.3 is 0 Å². The maximum atomic E-state index is 12.3. The topological polar surface area (TPSA) is 169 Å². The van der Waals surface area contributed by atoms with Crippen LogP contribution in [0.1, 0.15) is 28.0 Å². The van der Waals surface area contributed by atoms with Crippen molar-refractivity contribution in [2.24, 2.45) is 22.0 Å². The number of carbonyl (C=O) groups is 2. The molecule has 1 atom stereocenters. The van der Waals surface area contributed by atoms with Crippen LogP contribution in [0.3, 0.4) is 0 Å². The molecular formula is C20H24N6O4. The molecule has 1 aromatic carbocycles. The van der Waals surface area contributed by atoms with Crippen molar-refractivity contribution in [1.29, 1.82) is 0 Å². The Morgan fingerprint density at radius 3 is 2.67 bits per heavy atom. The molecule has 30 heavy (non-hydrogen) atoms. The average Bonchev–Trinajstić information content (AvgIpc) is 3.09. The molecule has 1 heterocycles. The molecule has 10 nitrogen and oxygen atoms in total. The summed E-state index contributed by atoms with van der Waals surface area (Å²) in [6.45, 7) is 1.69. The second kappa shape index (κ2) is 9.45. The first kappa shape index (κ1) is 21.4. The molecule has 158 valence electrons. The van der Waals surface area contributed by atoms with Crippen molar-refractivity contribution in [3.05, 3.63) is 51.5 Å². The van der Waals surface area contributed by atoms with E-state index in [0.29, 0.717) is 44.8 Å². The molecule has 2 aromatic rings. The lowest BCUT2D eigenvalue weighted by Crippen LogP contribution is -2.39. The second-order valence-corrected chi connectivity index (χ2v) is 7.10. The summed E-state index contributed by atoms with van der Waals surface area (Å²) in [5, 5.41) is 4.33. The van der Waals surface area contributed by atoms with Crippen molar-refractivity contribution < 1.29 is 19.1 Å². The normalized spacial score (nSPS) is 17.5. The van der Waals surface area contributed by atoms with Gasteiger partial charge in [-0.2, -0.15) is 0 Å². The Kier molecular flexibility index (Phi) is 6.73. The number of H-pyrrole nitrogens is 1. The van der Waals surface area contributed by atoms with Gasteiger partial charge in [0, 0.05) is 52.2 Å². The molecule has 2 amide bonds. The summed E-state index contributed by atoms with van der Waals surface area (Å²) in [5.74, 6) is -0.916. The summed E-state index contributed by atoms with van der Waals surface area (Å²) >= 11 is 0. The predicted molar refractivity (Wildman–Crippen MR) is 111 cm³/mol. The maximum Gasteiger partial charge on any atom is 0.248 e. The summed E-state index contributed by atoms with van der Waals surface area (Å²) in [4.78, 5) is 29.7. The lowest BCUT2D eigenvalue weighted by Gasteiger charge is -2.30. The molecule has 0 saturated heterocycles. The summed E-state index contributed by atoms with van der Waals surface area (Å²) in [5.41, 5.74) is 21.5. The van der Waals surface area contributed by atoms with Crippen LogP contribution in [0.4, 0.5) is 0 Å². The molecule has 0 aliphatic heterocycles. The third-order valence-electron chi connectivity index (χ3n) is 5.22. The van der Waals surface area contributed by atoms with Gasteiger partial charge < -0.3 is 25.9 Å². The number of ether oxygens (including phenoxy) is 2. The molecule has 10 heteroatoms. The Morgan fingerprint density at radius 2 is 1.97 bits per heavy atom. The molecule has 1 aromatic heterocycles. The molecule has 5 N–H and O–H groups in total. The second-order valence-electron chi connectivity index (χ2n) is 7.10. The minimum absolute atomic E-state index is 0.278. The van der Waals surface area contributed by atoms with E-state index in [0.717, 1.165) is 22.2 Å². The number of fused-ring (bicyclic) bond motifs is 3. The highest BCUT2D eigenvalue weighted by atomic mass is 16.5. The van der Waals surface area contributed by atoms with Crippen LogP contribution in [0.15, 0.2) is 29.4 Å². The fraction of sp³-hybridized carbons (Fsp3) is 0.400. The zero-order chi connectivity index (χ0) is 21.6. The van der Waals surface area contributed by atoms with E-state index in [2.05, 4.69) is 15.0 Å². The number of amides is 2. The standard InChI is InChI=1S/C20H24N6O4/c21-18(27)13-1-2-14-15-3-4-20(19(22)28,12-17(15)25-16(14)11-13)5-7-29-9-10-30-8-6-24-26-23/h1-4,11,25H,5-10,12H2,(H2,21,27)(H2,22,28). The van der Waals surface area contributed by atoms with Crippen LogP contribution in [0, 0.1) is 5.41 Å². The summed E-state index contributed by atoms with van der Waals surface area (Å²) in [6, 6.07) is 5.24. The number of rotatable bonds is 11. The molecule has 0 saturated carbocycles. The number of azide groups is 1. The van der Waals surface area contributed by atoms with E-state index in [1.165, 1.54) is 0 Å². The first-order valence-corrected chi connectivity index (χ1v) is 9.57. The highest BCUT2D eigenvalue weighted by Crippen LogP contribution is 2.38. The Labute approximate surface area is 172 Å². The van der Waals surface area contributed by atoms with Crippen LogP contribution in [0.2, 0.25) is 0 Å². The molecule has 0 radical (unpaired) electrons. The van der Waals surface area contributed by atoms with Crippen LogP contribution in [0.5, 0.6) is 0 Å². The number of primary amides is 2. The molecule has 1 unspecified atom stereocenters. The van der Waals surface area contributed by atoms with E-state index in [9.17, 15) is 9.59 Å². The van der Waals surface area contributed by atoms with Crippen molar-refractivity contribution in [3.63, 3.8) is 0 Å². The largest absolute Gasteiger partial charge is 0.379 e. The zero-order valence-corrected chi connectivity index (χ0v) is 16.5. The van der Waals surface area contributed by atoms with Crippen molar-refractivity contribution in [3.8, 4) is 0 Å². The molecule has 3 rings (SSSR count). The third-order valence-corrected chi connectivity index (χ3v) is 5.22. The zero-order valence-electron chi connectivity index (χ0n) is 16.5. The number of hydrogen-bond acceptors (Lipinski definition) is 5. The van der Waals surface area contributed by atoms with Gasteiger partial charge in [-0.25, -0.2) is 0 Å². The predicted octanol–water partition coefficient (Wildman–Crippen LogP) is 2.04. The van der Waals surface area contributed by atoms with E-state index in [1.807, 2.05) is 18.2 Å². The minimum atomic E-state index is -0.858. The Balaban J connectivity index is 1.62. The number of nitrogens with two attached hydrogens (primary N) is 2. The first-order valence-electron chi connectivity index (χ1n) is 9.57. The molecule has 0 spiro atoms. The summed E-state index contributed by atoms with van der Waals surface area (Å²) < 4.78 is 10.8. The number of benzene rings is 1. The number of carbonyl (C=O) groups excluding carboxylic acids is 2. The van der Waals surface area contributed by atoms with Gasteiger partial charge in [-0.3, -0.25) is 9.59 Å². The summed E-state index contributed by atoms with van der Waals surface area (Å²) in [7, 11) is 0. The van der Waals surface area contributed by atoms with E-state index in [4.69, 9.17) is 26.5 Å². The van der Waals surface area contributed by atoms with Gasteiger partial charge in [0.15, 0.2) is 0 Å². The summed E-state index contributed by atoms with van der Waals surface area (Å²) in [6.07, 6.45) is 4.58. The van der Waals surface area contributed by atoms with Gasteiger partial charge in [0.2, 0.25) is 11.8 Å². The smallest absolute Gasteiger partial charge is 0.248 e. The highest BCUT2D eigenvalue weighted by molar-refractivity contribution is 6.00. The number of nitrogens with zero attached hydrogens (tertiary/aromatic N) is 3. The van der Waals surface area contributed by atoms with Gasteiger partial charge in [-0.15, -0.1) is 0 Å². The van der Waals surface area contributed by atoms with Crippen LogP contribution in [-0.2, 0) is 20.7 Å². The van der Waals surface area contributed by atoms with Crippen molar-refractivity contribution in [1.82, 2.24) is 4.98 Å². The highest BCUT2D eigenvalue weighted by Gasteiger charge is 2.37. The van der Waals surface area contributed by atoms with Gasteiger partial charge in [0.1, 0.15) is 0 Å². The fourth-order valence-electron chi connectivity index (χ4n) is 3.57. The Morgan fingerprint density at radius 1 is 1.20 bits per heavy atom. The van der Waals surface area contributed by atoms with Crippen LogP contribution < -0.4 is 11.5 Å². The molecular weight excluding hydrogens is 388 g/mol. The van der Waals surface area contributed by atoms with Gasteiger partial charge in [0.25, 0.3) is 0 Å². The monoisotopic (exact) mass is 412 g/mol. The van der Waals surface area contributed by atoms with Crippen molar-refractivity contribution in [2.75, 3.05) is 33.0 Å². The van der Waals surface area contributed by atoms with E-state index < -0.39 is 17.2 Å². The van der Waals surface area contributed by atoms with Crippen molar-refractivity contribution in [2.45, 2.75) is 12.8 Å². The molecule has 0 bridgehead atoms. The lowest BCUT2D eigenvalue weighted by atomic mass is 9.75. The number of hydrogen-bond donors (Lipinski definition) is 3. The maximum absolute atomic E-state index is 12.3. The van der Waals surface area contributed by atoms with Crippen LogP contribution in [0.25, 0.3) is 27.4 Å². The SMILES string of the molecule is [N-]=[N+]=NCCOCCOCCC1(C(N)=O)C=Cc2c([nH]c3cc(C(N)=O)ccc23)C1. The molecule has 1 aliphatic rings. The lowest BCUT2D eigenvalue weighted by molar-refractivity contribution is -0.126. The third kappa shape index (κ3) is 4.62. The fourth-order valence-corrected chi connectivity index (χ4v) is 3.57. The van der Waals surface area contributed by atoms with Crippen LogP contribution >= 0.6 is 0 Å². The Bertz CT molecular complexity index is 1020. The molecule has 1 aliphatic carbocycles. The Hall–Kier alpha value is -3.33. The van der Waals surface area contributed by atoms with E-state index >= 15 is 0 Å². The molecule has 0 fully saturated rings. The number of nitrogens with one attached hydrogen (secondary N) is 1. The minimum Gasteiger partial charge on any atom is -0.379 e. The van der Waals surface area contributed by atoms with Gasteiger partial charge in [0.05, 0.1) is 25.2 Å². The quantitative estimate of drug-likeness (QED) is 0.222. The van der Waals surface area contributed by atoms with E-state index in [-0.39, 0.29) is 6.54 Å². The van der Waals surface area contributed by atoms with E-state index in [1.54, 1.807) is 12.1 Å². The van der Waals surface area contributed by atoms with Gasteiger partial charge in [-0.05, 0) is 24.1 Å². The average molecular weight is 412 g/mol. The number of aromatic amines is 1. The van der Waals surface area contributed by atoms with Crippen molar-refractivity contribution >= 4 is 28.8 Å².